The molecule has 24 heavy (non-hydrogen) atoms. The zero-order valence-corrected chi connectivity index (χ0v) is 14.1. The van der Waals surface area contributed by atoms with E-state index in [1.54, 1.807) is 19.3 Å². The summed E-state index contributed by atoms with van der Waals surface area (Å²) < 4.78 is 5.16. The number of aryl methyl sites for hydroxylation is 2. The maximum atomic E-state index is 12.3. The van der Waals surface area contributed by atoms with Gasteiger partial charge >= 0.3 is 0 Å². The Morgan fingerprint density at radius 1 is 1.25 bits per heavy atom. The third-order valence-electron chi connectivity index (χ3n) is 3.76. The molecule has 0 aliphatic rings. The topological polar surface area (TPSA) is 62.1 Å². The molecule has 122 valence electrons. The van der Waals surface area contributed by atoms with Crippen LogP contribution in [-0.4, -0.2) is 13.0 Å². The van der Waals surface area contributed by atoms with E-state index in [4.69, 9.17) is 4.74 Å². The second-order valence-corrected chi connectivity index (χ2v) is 5.40. The highest BCUT2D eigenvalue weighted by Gasteiger charge is 2.10. The number of hydrogen-bond donors (Lipinski definition) is 1. The van der Waals surface area contributed by atoms with Gasteiger partial charge in [0.15, 0.2) is 0 Å². The Kier molecular flexibility index (Phi) is 5.75. The van der Waals surface area contributed by atoms with E-state index < -0.39 is 5.91 Å². The molecule has 1 N–H and O–H groups in total. The SMILES string of the molecule is CCc1ccc(NC(=O)/C(C#N)=C/c2ccc(OC)cc2C)cc1. The highest BCUT2D eigenvalue weighted by molar-refractivity contribution is 6.09. The Morgan fingerprint density at radius 3 is 2.50 bits per heavy atom. The molecular formula is C20H20N2O2. The number of ether oxygens (including phenoxy) is 1. The lowest BCUT2D eigenvalue weighted by molar-refractivity contribution is -0.112. The molecule has 4 nitrogen and oxygen atoms in total. The second-order valence-electron chi connectivity index (χ2n) is 5.40. The van der Waals surface area contributed by atoms with Gasteiger partial charge in [-0.15, -0.1) is 0 Å². The number of benzene rings is 2. The van der Waals surface area contributed by atoms with Crippen molar-refractivity contribution < 1.29 is 9.53 Å². The van der Waals surface area contributed by atoms with Crippen molar-refractivity contribution in [2.24, 2.45) is 0 Å². The molecule has 2 rings (SSSR count). The maximum Gasteiger partial charge on any atom is 0.266 e. The minimum Gasteiger partial charge on any atom is -0.497 e. The quantitative estimate of drug-likeness (QED) is 0.666. The predicted molar refractivity (Wildman–Crippen MR) is 95.8 cm³/mol. The van der Waals surface area contributed by atoms with E-state index in [1.165, 1.54) is 5.56 Å². The standard InChI is InChI=1S/C20H20N2O2/c1-4-15-5-8-18(9-6-15)22-20(23)17(13-21)12-16-7-10-19(24-3)11-14(16)2/h5-12H,4H2,1-3H3,(H,22,23)/b17-12+. The first-order valence-electron chi connectivity index (χ1n) is 7.74. The number of nitrogens with zero attached hydrogens (tertiary/aromatic N) is 1. The summed E-state index contributed by atoms with van der Waals surface area (Å²) in [4.78, 5) is 12.3. The first-order valence-corrected chi connectivity index (χ1v) is 7.74. The average Bonchev–Trinajstić information content (AvgIpc) is 2.61. The highest BCUT2D eigenvalue weighted by Crippen LogP contribution is 2.20. The van der Waals surface area contributed by atoms with Crippen molar-refractivity contribution in [3.05, 3.63) is 64.7 Å². The van der Waals surface area contributed by atoms with Crippen LogP contribution in [0.25, 0.3) is 6.08 Å². The molecule has 0 aliphatic carbocycles. The Morgan fingerprint density at radius 2 is 1.96 bits per heavy atom. The Bertz CT molecular complexity index is 799. The van der Waals surface area contributed by atoms with Crippen LogP contribution in [0.5, 0.6) is 5.75 Å². The van der Waals surface area contributed by atoms with Gasteiger partial charge in [0, 0.05) is 5.69 Å². The molecule has 4 heteroatoms. The number of nitriles is 1. The lowest BCUT2D eigenvalue weighted by atomic mass is 10.1. The number of anilines is 1. The molecule has 0 heterocycles. The van der Waals surface area contributed by atoms with Gasteiger partial charge in [0.1, 0.15) is 17.4 Å². The van der Waals surface area contributed by atoms with Gasteiger partial charge in [0.25, 0.3) is 5.91 Å². The average molecular weight is 320 g/mol. The summed E-state index contributed by atoms with van der Waals surface area (Å²) in [6, 6.07) is 15.0. The van der Waals surface area contributed by atoms with Crippen molar-refractivity contribution in [2.75, 3.05) is 12.4 Å². The fourth-order valence-electron chi connectivity index (χ4n) is 2.26. The van der Waals surface area contributed by atoms with E-state index in [2.05, 4.69) is 12.2 Å². The predicted octanol–water partition coefficient (Wildman–Crippen LogP) is 4.11. The zero-order chi connectivity index (χ0) is 17.5. The van der Waals surface area contributed by atoms with Crippen LogP contribution in [0.1, 0.15) is 23.6 Å². The molecule has 0 atom stereocenters. The largest absolute Gasteiger partial charge is 0.497 e. The normalized spacial score (nSPS) is 10.8. The number of nitrogens with one attached hydrogen (secondary N) is 1. The van der Waals surface area contributed by atoms with Gasteiger partial charge in [0.05, 0.1) is 7.11 Å². The van der Waals surface area contributed by atoms with Crippen molar-refractivity contribution >= 4 is 17.7 Å². The van der Waals surface area contributed by atoms with Crippen LogP contribution in [0.15, 0.2) is 48.0 Å². The summed E-state index contributed by atoms with van der Waals surface area (Å²) >= 11 is 0. The van der Waals surface area contributed by atoms with E-state index in [-0.39, 0.29) is 5.57 Å². The lowest BCUT2D eigenvalue weighted by Gasteiger charge is -2.07. The van der Waals surface area contributed by atoms with Crippen molar-refractivity contribution in [1.29, 1.82) is 5.26 Å². The first kappa shape index (κ1) is 17.3. The van der Waals surface area contributed by atoms with Gasteiger partial charge in [-0.25, -0.2) is 0 Å². The van der Waals surface area contributed by atoms with Crippen molar-refractivity contribution in [2.45, 2.75) is 20.3 Å². The fraction of sp³-hybridized carbons (Fsp3) is 0.200. The van der Waals surface area contributed by atoms with Gasteiger partial charge in [-0.2, -0.15) is 5.26 Å². The van der Waals surface area contributed by atoms with Crippen LogP contribution < -0.4 is 10.1 Å². The van der Waals surface area contributed by atoms with Crippen molar-refractivity contribution in [3.63, 3.8) is 0 Å². The molecule has 0 radical (unpaired) electrons. The smallest absolute Gasteiger partial charge is 0.266 e. The van der Waals surface area contributed by atoms with Gasteiger partial charge in [-0.05, 0) is 60.4 Å². The fourth-order valence-corrected chi connectivity index (χ4v) is 2.26. The van der Waals surface area contributed by atoms with Crippen LogP contribution in [-0.2, 0) is 11.2 Å². The summed E-state index contributed by atoms with van der Waals surface area (Å²) in [5.41, 5.74) is 3.66. The molecule has 1 amide bonds. The number of hydrogen-bond acceptors (Lipinski definition) is 3. The van der Waals surface area contributed by atoms with E-state index in [0.717, 1.165) is 23.3 Å². The number of methoxy groups -OCH3 is 1. The van der Waals surface area contributed by atoms with Gasteiger partial charge in [0.2, 0.25) is 0 Å². The van der Waals surface area contributed by atoms with E-state index >= 15 is 0 Å². The van der Waals surface area contributed by atoms with Crippen LogP contribution >= 0.6 is 0 Å². The van der Waals surface area contributed by atoms with Crippen molar-refractivity contribution in [3.8, 4) is 11.8 Å². The molecule has 2 aromatic carbocycles. The van der Waals surface area contributed by atoms with Crippen LogP contribution in [0.4, 0.5) is 5.69 Å². The molecule has 2 aromatic rings. The third-order valence-corrected chi connectivity index (χ3v) is 3.76. The third kappa shape index (κ3) is 4.23. The second kappa shape index (κ2) is 7.98. The van der Waals surface area contributed by atoms with Gasteiger partial charge < -0.3 is 10.1 Å². The zero-order valence-electron chi connectivity index (χ0n) is 14.1. The Hall–Kier alpha value is -3.06. The number of carbonyl (C=O) groups excluding carboxylic acids is 1. The van der Waals surface area contributed by atoms with Crippen LogP contribution in [0.3, 0.4) is 0 Å². The Balaban J connectivity index is 2.20. The van der Waals surface area contributed by atoms with Crippen molar-refractivity contribution in [1.82, 2.24) is 0 Å². The summed E-state index contributed by atoms with van der Waals surface area (Å²) in [7, 11) is 1.60. The molecule has 0 unspecified atom stereocenters. The molecule has 0 bridgehead atoms. The van der Waals surface area contributed by atoms with E-state index in [9.17, 15) is 10.1 Å². The highest BCUT2D eigenvalue weighted by atomic mass is 16.5. The molecule has 0 saturated heterocycles. The Labute approximate surface area is 142 Å². The molecule has 0 saturated carbocycles. The number of carbonyl (C=O) groups is 1. The minimum atomic E-state index is -0.419. The number of rotatable bonds is 5. The molecule has 0 aromatic heterocycles. The van der Waals surface area contributed by atoms with E-state index in [0.29, 0.717) is 5.69 Å². The number of amides is 1. The summed E-state index contributed by atoms with van der Waals surface area (Å²) in [5, 5.41) is 12.1. The maximum absolute atomic E-state index is 12.3. The molecule has 0 fully saturated rings. The van der Waals surface area contributed by atoms with Crippen LogP contribution in [0.2, 0.25) is 0 Å². The monoisotopic (exact) mass is 320 g/mol. The summed E-state index contributed by atoms with van der Waals surface area (Å²) in [6.45, 7) is 3.98. The van der Waals surface area contributed by atoms with E-state index in [1.807, 2.05) is 49.4 Å². The summed E-state index contributed by atoms with van der Waals surface area (Å²) in [6.07, 6.45) is 2.53. The first-order chi connectivity index (χ1) is 11.6. The molecular weight excluding hydrogens is 300 g/mol. The lowest BCUT2D eigenvalue weighted by Crippen LogP contribution is -2.13. The van der Waals surface area contributed by atoms with Gasteiger partial charge in [-0.3, -0.25) is 4.79 Å². The van der Waals surface area contributed by atoms with Crippen LogP contribution in [0, 0.1) is 18.3 Å². The van der Waals surface area contributed by atoms with Gasteiger partial charge in [-0.1, -0.05) is 25.1 Å². The minimum absolute atomic E-state index is 0.0582. The molecule has 0 spiro atoms. The molecule has 0 aliphatic heterocycles. The summed E-state index contributed by atoms with van der Waals surface area (Å²) in [5.74, 6) is 0.320.